The van der Waals surface area contributed by atoms with Gasteiger partial charge in [-0.15, -0.1) is 0 Å². The average molecular weight is 419 g/mol. The van der Waals surface area contributed by atoms with Crippen LogP contribution in [0.4, 0.5) is 0 Å². The number of phenols is 1. The second-order valence-electron chi connectivity index (χ2n) is 6.96. The van der Waals surface area contributed by atoms with E-state index in [-0.39, 0.29) is 10.8 Å². The van der Waals surface area contributed by atoms with Gasteiger partial charge in [-0.1, -0.05) is 41.4 Å². The van der Waals surface area contributed by atoms with Crippen molar-refractivity contribution >= 4 is 34.6 Å². The zero-order chi connectivity index (χ0) is 21.1. The maximum Gasteiger partial charge on any atom is 0.271 e. The van der Waals surface area contributed by atoms with E-state index in [9.17, 15) is 9.90 Å². The van der Waals surface area contributed by atoms with Crippen LogP contribution in [0, 0.1) is 6.92 Å². The predicted molar refractivity (Wildman–Crippen MR) is 118 cm³/mol. The maximum atomic E-state index is 12.2. The molecule has 0 aliphatic rings. The fourth-order valence-corrected chi connectivity index (χ4v) is 3.43. The largest absolute Gasteiger partial charge is 0.506 e. The minimum Gasteiger partial charge on any atom is -0.506 e. The first-order chi connectivity index (χ1) is 14.5. The van der Waals surface area contributed by atoms with Crippen molar-refractivity contribution in [1.82, 2.24) is 15.0 Å². The van der Waals surface area contributed by atoms with E-state index in [2.05, 4.69) is 51.3 Å². The molecule has 0 atom stereocenters. The number of carbonyl (C=O) groups excluding carboxylic acids is 1. The summed E-state index contributed by atoms with van der Waals surface area (Å²) in [5, 5.41) is 14.6. The summed E-state index contributed by atoms with van der Waals surface area (Å²) < 4.78 is 2.13. The highest BCUT2D eigenvalue weighted by molar-refractivity contribution is 6.32. The molecule has 0 bridgehead atoms. The van der Waals surface area contributed by atoms with E-state index in [1.54, 1.807) is 12.4 Å². The highest BCUT2D eigenvalue weighted by atomic mass is 35.5. The molecule has 2 heterocycles. The Kier molecular flexibility index (Phi) is 5.50. The van der Waals surface area contributed by atoms with Crippen LogP contribution in [-0.4, -0.2) is 26.8 Å². The fraction of sp³-hybridized carbons (Fsp3) is 0.0870. The molecular formula is C23H19ClN4O2. The first-order valence-corrected chi connectivity index (χ1v) is 9.69. The van der Waals surface area contributed by atoms with Gasteiger partial charge in [0.05, 0.1) is 23.0 Å². The molecule has 0 unspecified atom stereocenters. The van der Waals surface area contributed by atoms with Gasteiger partial charge in [-0.25, -0.2) is 5.43 Å². The number of halogens is 1. The Labute approximate surface area is 178 Å². The van der Waals surface area contributed by atoms with Crippen molar-refractivity contribution in [3.05, 3.63) is 94.4 Å². The van der Waals surface area contributed by atoms with Gasteiger partial charge in [-0.05, 0) is 36.8 Å². The molecule has 0 fully saturated rings. The van der Waals surface area contributed by atoms with Crippen LogP contribution in [0.25, 0.3) is 10.9 Å². The summed E-state index contributed by atoms with van der Waals surface area (Å²) >= 11 is 5.84. The number of rotatable bonds is 5. The van der Waals surface area contributed by atoms with Crippen LogP contribution in [-0.2, 0) is 6.54 Å². The Morgan fingerprint density at radius 1 is 1.23 bits per heavy atom. The molecule has 0 aliphatic heterocycles. The number of aromatic nitrogens is 2. The van der Waals surface area contributed by atoms with Crippen molar-refractivity contribution in [3.8, 4) is 5.75 Å². The van der Waals surface area contributed by atoms with Crippen LogP contribution >= 0.6 is 11.6 Å². The van der Waals surface area contributed by atoms with Gasteiger partial charge in [-0.3, -0.25) is 9.78 Å². The minimum absolute atomic E-state index is 0.0790. The van der Waals surface area contributed by atoms with Crippen molar-refractivity contribution in [1.29, 1.82) is 0 Å². The number of carbonyl (C=O) groups is 1. The van der Waals surface area contributed by atoms with E-state index in [1.807, 2.05) is 18.5 Å². The van der Waals surface area contributed by atoms with Crippen molar-refractivity contribution in [2.45, 2.75) is 13.5 Å². The molecule has 0 aliphatic carbocycles. The van der Waals surface area contributed by atoms with E-state index in [0.29, 0.717) is 5.56 Å². The number of fused-ring (bicyclic) bond motifs is 1. The highest BCUT2D eigenvalue weighted by Gasteiger charge is 2.09. The van der Waals surface area contributed by atoms with Gasteiger partial charge in [0, 0.05) is 35.5 Å². The van der Waals surface area contributed by atoms with E-state index >= 15 is 0 Å². The third-order valence-corrected chi connectivity index (χ3v) is 5.05. The van der Waals surface area contributed by atoms with Crippen LogP contribution in [0.3, 0.4) is 0 Å². The molecule has 7 heteroatoms. The molecule has 0 saturated heterocycles. The molecule has 4 aromatic rings. The van der Waals surface area contributed by atoms with Crippen LogP contribution in [0.15, 0.2) is 72.2 Å². The van der Waals surface area contributed by atoms with Gasteiger partial charge in [-0.2, -0.15) is 5.10 Å². The Morgan fingerprint density at radius 2 is 2.10 bits per heavy atom. The molecule has 2 N–H and O–H groups in total. The predicted octanol–water partition coefficient (Wildman–Crippen LogP) is 4.52. The Balaban J connectivity index is 1.52. The SMILES string of the molecule is Cc1cccc(Cn2ccc3c(/C=N/NC(=O)c4ccc(O)c(Cl)c4)cncc32)c1. The summed E-state index contributed by atoms with van der Waals surface area (Å²) in [5.41, 5.74) is 6.98. The number of nitrogens with one attached hydrogen (secondary N) is 1. The van der Waals surface area contributed by atoms with Gasteiger partial charge in [0.2, 0.25) is 0 Å². The lowest BCUT2D eigenvalue weighted by Crippen LogP contribution is -2.17. The molecule has 0 spiro atoms. The van der Waals surface area contributed by atoms with Gasteiger partial charge < -0.3 is 9.67 Å². The number of aromatic hydroxyl groups is 1. The van der Waals surface area contributed by atoms with Gasteiger partial charge in [0.1, 0.15) is 5.75 Å². The van der Waals surface area contributed by atoms with Crippen molar-refractivity contribution in [2.24, 2.45) is 5.10 Å². The lowest BCUT2D eigenvalue weighted by atomic mass is 10.1. The number of benzene rings is 2. The normalized spacial score (nSPS) is 11.3. The van der Waals surface area contributed by atoms with Crippen LogP contribution in [0.1, 0.15) is 27.0 Å². The summed E-state index contributed by atoms with van der Waals surface area (Å²) in [7, 11) is 0. The Hall–Kier alpha value is -3.64. The van der Waals surface area contributed by atoms with Crippen LogP contribution in [0.2, 0.25) is 5.02 Å². The molecule has 0 saturated carbocycles. The van der Waals surface area contributed by atoms with Crippen molar-refractivity contribution < 1.29 is 9.90 Å². The zero-order valence-corrected chi connectivity index (χ0v) is 17.0. The number of phenolic OH excluding ortho intramolecular Hbond substituents is 1. The van der Waals surface area contributed by atoms with Gasteiger partial charge >= 0.3 is 0 Å². The number of amides is 1. The van der Waals surface area contributed by atoms with E-state index < -0.39 is 5.91 Å². The lowest BCUT2D eigenvalue weighted by Gasteiger charge is -2.07. The third-order valence-electron chi connectivity index (χ3n) is 4.74. The third kappa shape index (κ3) is 4.18. The minimum atomic E-state index is -0.426. The second kappa shape index (κ2) is 8.39. The summed E-state index contributed by atoms with van der Waals surface area (Å²) in [6, 6.07) is 14.6. The van der Waals surface area contributed by atoms with Crippen molar-refractivity contribution in [3.63, 3.8) is 0 Å². The number of hydrogen-bond donors (Lipinski definition) is 2. The number of aryl methyl sites for hydroxylation is 1. The first-order valence-electron chi connectivity index (χ1n) is 9.31. The molecule has 1 amide bonds. The van der Waals surface area contributed by atoms with Crippen LogP contribution < -0.4 is 5.43 Å². The van der Waals surface area contributed by atoms with E-state index in [0.717, 1.165) is 23.0 Å². The van der Waals surface area contributed by atoms with Gasteiger partial charge in [0.15, 0.2) is 0 Å². The summed E-state index contributed by atoms with van der Waals surface area (Å²) in [5.74, 6) is -0.505. The van der Waals surface area contributed by atoms with Crippen LogP contribution in [0.5, 0.6) is 5.75 Å². The number of hydrazone groups is 1. The molecule has 2 aromatic heterocycles. The van der Waals surface area contributed by atoms with Gasteiger partial charge in [0.25, 0.3) is 5.91 Å². The summed E-state index contributed by atoms with van der Waals surface area (Å²) in [6.07, 6.45) is 7.10. The standard InChI is InChI=1S/C23H19ClN4O2/c1-15-3-2-4-16(9-15)14-28-8-7-19-18(11-25-13-21(19)28)12-26-27-23(30)17-5-6-22(29)20(24)10-17/h2-13,29H,14H2,1H3,(H,27,30)/b26-12+. The molecule has 4 rings (SSSR count). The topological polar surface area (TPSA) is 79.5 Å². The zero-order valence-electron chi connectivity index (χ0n) is 16.2. The quantitative estimate of drug-likeness (QED) is 0.369. The average Bonchev–Trinajstić information content (AvgIpc) is 3.13. The Bertz CT molecular complexity index is 1260. The molecule has 30 heavy (non-hydrogen) atoms. The molecule has 6 nitrogen and oxygen atoms in total. The highest BCUT2D eigenvalue weighted by Crippen LogP contribution is 2.23. The molecule has 150 valence electrons. The summed E-state index contributed by atoms with van der Waals surface area (Å²) in [6.45, 7) is 2.82. The smallest absolute Gasteiger partial charge is 0.271 e. The molecule has 0 radical (unpaired) electrons. The molecule has 2 aromatic carbocycles. The summed E-state index contributed by atoms with van der Waals surface area (Å²) in [4.78, 5) is 16.5. The lowest BCUT2D eigenvalue weighted by molar-refractivity contribution is 0.0955. The Morgan fingerprint density at radius 3 is 2.90 bits per heavy atom. The second-order valence-corrected chi connectivity index (χ2v) is 7.37. The molecular weight excluding hydrogens is 400 g/mol. The maximum absolute atomic E-state index is 12.2. The van der Waals surface area contributed by atoms with E-state index in [1.165, 1.54) is 29.3 Å². The number of hydrogen-bond acceptors (Lipinski definition) is 4. The first kappa shape index (κ1) is 19.7. The number of nitrogens with zero attached hydrogens (tertiary/aromatic N) is 3. The monoisotopic (exact) mass is 418 g/mol. The fourth-order valence-electron chi connectivity index (χ4n) is 3.25. The van der Waals surface area contributed by atoms with Crippen molar-refractivity contribution in [2.75, 3.05) is 0 Å². The van der Waals surface area contributed by atoms with E-state index in [4.69, 9.17) is 11.6 Å². The number of pyridine rings is 1.